The number of fused-ring (bicyclic) bond motifs is 1. The van der Waals surface area contributed by atoms with E-state index in [1.807, 2.05) is 0 Å². The molecule has 0 aliphatic heterocycles. The Labute approximate surface area is 109 Å². The molecule has 0 bridgehead atoms. The average molecular weight is 318 g/mol. The third kappa shape index (κ3) is 1.77. The largest absolute Gasteiger partial charge is 0.434 e. The third-order valence-corrected chi connectivity index (χ3v) is 3.65. The number of aromatic amines is 1. The minimum Gasteiger partial charge on any atom is -0.356 e. The number of pyridine rings is 1. The molecule has 2 heterocycles. The highest BCUT2D eigenvalue weighted by atomic mass is 79.9. The fraction of sp³-hybridized carbons (Fsp3) is 0.273. The number of rotatable bonds is 0. The van der Waals surface area contributed by atoms with Crippen molar-refractivity contribution in [3.63, 3.8) is 0 Å². The average Bonchev–Trinajstić information content (AvgIpc) is 2.55. The Hall–Kier alpha value is -1.55. The van der Waals surface area contributed by atoms with Crippen LogP contribution >= 0.6 is 15.9 Å². The number of hydrogen-bond donors (Lipinski definition) is 1. The van der Waals surface area contributed by atoms with E-state index in [1.54, 1.807) is 13.0 Å². The Morgan fingerprint density at radius 3 is 2.44 bits per heavy atom. The molecule has 18 heavy (non-hydrogen) atoms. The molecule has 0 radical (unpaired) electrons. The molecule has 0 aliphatic carbocycles. The molecular weight excluding hydrogens is 311 g/mol. The number of nitrogens with zero attached hydrogens (tertiary/aromatic N) is 2. The zero-order valence-corrected chi connectivity index (χ0v) is 11.0. The maximum Gasteiger partial charge on any atom is 0.434 e. The van der Waals surface area contributed by atoms with Gasteiger partial charge >= 0.3 is 6.18 Å². The Kier molecular flexibility index (Phi) is 2.86. The van der Waals surface area contributed by atoms with Gasteiger partial charge < -0.3 is 4.98 Å². The van der Waals surface area contributed by atoms with E-state index in [-0.39, 0.29) is 11.1 Å². The van der Waals surface area contributed by atoms with Gasteiger partial charge in [0, 0.05) is 5.69 Å². The Morgan fingerprint density at radius 1 is 1.33 bits per heavy atom. The zero-order chi connectivity index (χ0) is 13.7. The molecule has 0 spiro atoms. The van der Waals surface area contributed by atoms with Crippen LogP contribution in [0.15, 0.2) is 4.47 Å². The summed E-state index contributed by atoms with van der Waals surface area (Å²) in [5.74, 6) is 0. The highest BCUT2D eigenvalue weighted by Gasteiger charge is 2.37. The standard InChI is InChI=1S/C11H7BrF3N3/c1-4-6(3-16)10(11(13,14)15)18-9-7(12)5(2)17-8(4)9/h17H,1-2H3. The van der Waals surface area contributed by atoms with Gasteiger partial charge in [0.2, 0.25) is 0 Å². The van der Waals surface area contributed by atoms with Gasteiger partial charge in [0.05, 0.1) is 15.6 Å². The van der Waals surface area contributed by atoms with Crippen LogP contribution in [0.2, 0.25) is 0 Å². The van der Waals surface area contributed by atoms with Crippen molar-refractivity contribution in [1.82, 2.24) is 9.97 Å². The second kappa shape index (κ2) is 3.99. The van der Waals surface area contributed by atoms with Crippen molar-refractivity contribution in [3.8, 4) is 6.07 Å². The van der Waals surface area contributed by atoms with E-state index in [4.69, 9.17) is 5.26 Å². The van der Waals surface area contributed by atoms with Crippen molar-refractivity contribution in [2.75, 3.05) is 0 Å². The molecule has 0 fully saturated rings. The van der Waals surface area contributed by atoms with E-state index < -0.39 is 17.4 Å². The molecule has 0 unspecified atom stereocenters. The van der Waals surface area contributed by atoms with E-state index in [2.05, 4.69) is 25.9 Å². The molecule has 1 N–H and O–H groups in total. The summed E-state index contributed by atoms with van der Waals surface area (Å²) >= 11 is 3.19. The summed E-state index contributed by atoms with van der Waals surface area (Å²) in [6.45, 7) is 3.19. The summed E-state index contributed by atoms with van der Waals surface area (Å²) in [6, 6.07) is 1.57. The van der Waals surface area contributed by atoms with E-state index in [1.165, 1.54) is 6.92 Å². The molecule has 0 saturated heterocycles. The molecule has 0 amide bonds. The van der Waals surface area contributed by atoms with Crippen LogP contribution in [0.25, 0.3) is 11.0 Å². The van der Waals surface area contributed by atoms with Crippen molar-refractivity contribution in [1.29, 1.82) is 5.26 Å². The van der Waals surface area contributed by atoms with Crippen LogP contribution in [0.1, 0.15) is 22.5 Å². The van der Waals surface area contributed by atoms with Gasteiger partial charge in [0.1, 0.15) is 11.6 Å². The highest BCUT2D eigenvalue weighted by Crippen LogP contribution is 2.36. The van der Waals surface area contributed by atoms with E-state index >= 15 is 0 Å². The van der Waals surface area contributed by atoms with Crippen LogP contribution in [-0.2, 0) is 6.18 Å². The number of halogens is 4. The quantitative estimate of drug-likeness (QED) is 0.802. The lowest BCUT2D eigenvalue weighted by Gasteiger charge is -2.10. The minimum atomic E-state index is -4.64. The number of hydrogen-bond acceptors (Lipinski definition) is 2. The number of aromatic nitrogens is 2. The van der Waals surface area contributed by atoms with Crippen LogP contribution in [0, 0.1) is 25.2 Å². The lowest BCUT2D eigenvalue weighted by Crippen LogP contribution is -2.12. The molecule has 0 atom stereocenters. The monoisotopic (exact) mass is 317 g/mol. The van der Waals surface area contributed by atoms with Gasteiger partial charge in [-0.3, -0.25) is 0 Å². The van der Waals surface area contributed by atoms with Crippen molar-refractivity contribution < 1.29 is 13.2 Å². The van der Waals surface area contributed by atoms with Crippen LogP contribution in [0.5, 0.6) is 0 Å². The van der Waals surface area contributed by atoms with Gasteiger partial charge in [0.15, 0.2) is 5.69 Å². The zero-order valence-electron chi connectivity index (χ0n) is 9.41. The lowest BCUT2D eigenvalue weighted by atomic mass is 10.1. The van der Waals surface area contributed by atoms with Crippen LogP contribution < -0.4 is 0 Å². The summed E-state index contributed by atoms with van der Waals surface area (Å²) in [5, 5.41) is 8.88. The van der Waals surface area contributed by atoms with Crippen LogP contribution in [0.3, 0.4) is 0 Å². The fourth-order valence-electron chi connectivity index (χ4n) is 1.78. The van der Waals surface area contributed by atoms with Crippen molar-refractivity contribution in [3.05, 3.63) is 27.0 Å². The lowest BCUT2D eigenvalue weighted by molar-refractivity contribution is -0.141. The van der Waals surface area contributed by atoms with Crippen molar-refractivity contribution in [2.45, 2.75) is 20.0 Å². The van der Waals surface area contributed by atoms with Gasteiger partial charge in [-0.25, -0.2) is 4.98 Å². The first-order valence-electron chi connectivity index (χ1n) is 4.93. The van der Waals surface area contributed by atoms with Crippen LogP contribution in [-0.4, -0.2) is 9.97 Å². The van der Waals surface area contributed by atoms with Gasteiger partial charge in [-0.2, -0.15) is 18.4 Å². The van der Waals surface area contributed by atoms with E-state index in [0.29, 0.717) is 15.7 Å². The molecule has 2 aromatic heterocycles. The minimum absolute atomic E-state index is 0.191. The van der Waals surface area contributed by atoms with E-state index in [0.717, 1.165) is 0 Å². The first-order chi connectivity index (χ1) is 8.27. The molecule has 7 heteroatoms. The fourth-order valence-corrected chi connectivity index (χ4v) is 2.16. The Bertz CT molecular complexity index is 680. The van der Waals surface area contributed by atoms with Crippen molar-refractivity contribution in [2.24, 2.45) is 0 Å². The van der Waals surface area contributed by atoms with E-state index in [9.17, 15) is 13.2 Å². The number of alkyl halides is 3. The molecule has 0 saturated carbocycles. The molecule has 0 aliphatic rings. The first kappa shape index (κ1) is 12.9. The highest BCUT2D eigenvalue weighted by molar-refractivity contribution is 9.10. The molecule has 94 valence electrons. The maximum absolute atomic E-state index is 12.8. The van der Waals surface area contributed by atoms with Gasteiger partial charge in [-0.1, -0.05) is 0 Å². The Morgan fingerprint density at radius 2 is 1.94 bits per heavy atom. The molecule has 3 nitrogen and oxygen atoms in total. The van der Waals surface area contributed by atoms with Crippen LogP contribution in [0.4, 0.5) is 13.2 Å². The van der Waals surface area contributed by atoms with Crippen molar-refractivity contribution >= 4 is 27.0 Å². The number of aryl methyl sites for hydroxylation is 2. The predicted octanol–water partition coefficient (Wildman–Crippen LogP) is 3.83. The number of nitrogens with one attached hydrogen (secondary N) is 1. The smallest absolute Gasteiger partial charge is 0.356 e. The SMILES string of the molecule is Cc1[nH]c2c(C)c(C#N)c(C(F)(F)F)nc2c1Br. The van der Waals surface area contributed by atoms with Gasteiger partial charge in [-0.05, 0) is 35.3 Å². The number of nitriles is 1. The second-order valence-corrected chi connectivity index (χ2v) is 4.65. The van der Waals surface area contributed by atoms with Gasteiger partial charge in [0.25, 0.3) is 0 Å². The van der Waals surface area contributed by atoms with Gasteiger partial charge in [-0.15, -0.1) is 0 Å². The normalized spacial score (nSPS) is 11.8. The number of H-pyrrole nitrogens is 1. The summed E-state index contributed by atoms with van der Waals surface area (Å²) in [7, 11) is 0. The first-order valence-corrected chi connectivity index (χ1v) is 5.72. The maximum atomic E-state index is 12.8. The molecular formula is C11H7BrF3N3. The second-order valence-electron chi connectivity index (χ2n) is 3.86. The molecule has 2 rings (SSSR count). The molecule has 0 aromatic carbocycles. The summed E-state index contributed by atoms with van der Waals surface area (Å²) in [5.41, 5.74) is -0.0221. The predicted molar refractivity (Wildman–Crippen MR) is 63.0 cm³/mol. The Balaban J connectivity index is 2.97. The summed E-state index contributed by atoms with van der Waals surface area (Å²) in [6.07, 6.45) is -4.64. The summed E-state index contributed by atoms with van der Waals surface area (Å²) < 4.78 is 39.0. The molecule has 2 aromatic rings. The third-order valence-electron chi connectivity index (χ3n) is 2.68. The summed E-state index contributed by atoms with van der Waals surface area (Å²) in [4.78, 5) is 6.49. The topological polar surface area (TPSA) is 52.5 Å².